The molecule has 23 heavy (non-hydrogen) atoms. The molecule has 0 amide bonds. The van der Waals surface area contributed by atoms with Gasteiger partial charge >= 0.3 is 5.97 Å². The van der Waals surface area contributed by atoms with Crippen molar-refractivity contribution in [3.05, 3.63) is 45.5 Å². The maximum absolute atomic E-state index is 11.7. The lowest BCUT2D eigenvalue weighted by molar-refractivity contribution is -0.145. The van der Waals surface area contributed by atoms with E-state index in [1.807, 2.05) is 42.4 Å². The van der Waals surface area contributed by atoms with Crippen LogP contribution in [0.3, 0.4) is 0 Å². The first-order valence-corrected chi connectivity index (χ1v) is 7.85. The number of carboxylic acid groups (broad SMARTS) is 1. The first-order chi connectivity index (χ1) is 10.9. The Kier molecular flexibility index (Phi) is 4.12. The van der Waals surface area contributed by atoms with Crippen LogP contribution in [-0.4, -0.2) is 36.8 Å². The van der Waals surface area contributed by atoms with Crippen molar-refractivity contribution in [1.82, 2.24) is 19.7 Å². The van der Waals surface area contributed by atoms with Crippen molar-refractivity contribution in [3.63, 3.8) is 0 Å². The van der Waals surface area contributed by atoms with Crippen LogP contribution in [0.4, 0.5) is 0 Å². The molecule has 0 bridgehead atoms. The van der Waals surface area contributed by atoms with Crippen molar-refractivity contribution in [3.8, 4) is 0 Å². The number of hydrogen-bond acceptors (Lipinski definition) is 4. The molecular formula is C16H19ClN4O2. The molecule has 1 aliphatic heterocycles. The summed E-state index contributed by atoms with van der Waals surface area (Å²) in [4.78, 5) is 13.6. The van der Waals surface area contributed by atoms with Gasteiger partial charge < -0.3 is 9.67 Å². The third-order valence-electron chi connectivity index (χ3n) is 4.46. The number of benzene rings is 1. The average molecular weight is 335 g/mol. The second-order valence-corrected chi connectivity index (χ2v) is 6.49. The van der Waals surface area contributed by atoms with Gasteiger partial charge in [-0.2, -0.15) is 0 Å². The highest BCUT2D eigenvalue weighted by Gasteiger charge is 2.33. The quantitative estimate of drug-likeness (QED) is 0.932. The Balaban J connectivity index is 1.94. The smallest absolute Gasteiger partial charge is 0.322 e. The van der Waals surface area contributed by atoms with Gasteiger partial charge in [-0.1, -0.05) is 11.6 Å². The van der Waals surface area contributed by atoms with Crippen LogP contribution in [0.1, 0.15) is 28.3 Å². The Bertz CT molecular complexity index is 748. The Labute approximate surface area is 139 Å². The van der Waals surface area contributed by atoms with Gasteiger partial charge in [0.15, 0.2) is 0 Å². The van der Waals surface area contributed by atoms with E-state index in [0.29, 0.717) is 24.7 Å². The van der Waals surface area contributed by atoms with Crippen LogP contribution in [0.25, 0.3) is 0 Å². The minimum absolute atomic E-state index is 0.370. The molecule has 1 unspecified atom stereocenters. The van der Waals surface area contributed by atoms with Gasteiger partial charge in [-0.05, 0) is 49.6 Å². The van der Waals surface area contributed by atoms with Gasteiger partial charge in [-0.25, -0.2) is 0 Å². The van der Waals surface area contributed by atoms with Crippen LogP contribution in [0, 0.1) is 20.8 Å². The fourth-order valence-corrected chi connectivity index (χ4v) is 3.48. The van der Waals surface area contributed by atoms with Crippen LogP contribution < -0.4 is 0 Å². The van der Waals surface area contributed by atoms with Crippen LogP contribution in [-0.2, 0) is 24.4 Å². The molecule has 0 radical (unpaired) electrons. The summed E-state index contributed by atoms with van der Waals surface area (Å²) in [5, 5.41) is 18.5. The maximum atomic E-state index is 11.7. The molecule has 1 aromatic carbocycles. The molecule has 0 saturated heterocycles. The summed E-state index contributed by atoms with van der Waals surface area (Å²) >= 11 is 6.08. The van der Waals surface area contributed by atoms with Gasteiger partial charge in [0.1, 0.15) is 17.7 Å². The van der Waals surface area contributed by atoms with E-state index < -0.39 is 12.0 Å². The normalized spacial score (nSPS) is 18.0. The van der Waals surface area contributed by atoms with Crippen LogP contribution >= 0.6 is 11.6 Å². The largest absolute Gasteiger partial charge is 0.480 e. The van der Waals surface area contributed by atoms with Gasteiger partial charge in [0.05, 0.1) is 13.1 Å². The lowest BCUT2D eigenvalue weighted by Gasteiger charge is -2.34. The summed E-state index contributed by atoms with van der Waals surface area (Å²) in [5.41, 5.74) is 3.26. The van der Waals surface area contributed by atoms with Gasteiger partial charge in [0.25, 0.3) is 0 Å². The number of hydrogen-bond donors (Lipinski definition) is 1. The van der Waals surface area contributed by atoms with Crippen molar-refractivity contribution in [2.45, 2.75) is 46.4 Å². The molecule has 1 atom stereocenters. The number of halogens is 1. The van der Waals surface area contributed by atoms with Crippen molar-refractivity contribution < 1.29 is 9.90 Å². The van der Waals surface area contributed by atoms with Gasteiger partial charge in [0.2, 0.25) is 0 Å². The number of fused-ring (bicyclic) bond motifs is 1. The molecule has 0 aliphatic carbocycles. The van der Waals surface area contributed by atoms with Gasteiger partial charge in [-0.3, -0.25) is 9.69 Å². The molecule has 0 spiro atoms. The second kappa shape index (κ2) is 5.94. The van der Waals surface area contributed by atoms with E-state index in [2.05, 4.69) is 10.2 Å². The molecule has 3 rings (SSSR count). The Morgan fingerprint density at radius 3 is 2.57 bits per heavy atom. The van der Waals surface area contributed by atoms with E-state index in [0.717, 1.165) is 28.3 Å². The zero-order valence-electron chi connectivity index (χ0n) is 13.4. The van der Waals surface area contributed by atoms with Gasteiger partial charge in [0, 0.05) is 11.6 Å². The Hall–Kier alpha value is -1.92. The standard InChI is InChI=1S/C16H19ClN4O2/c1-9-4-12(17)5-10(2)13(9)6-20-8-15-19-18-11(3)21(15)7-14(20)16(22)23/h4-5,14H,6-8H2,1-3H3,(H,22,23). The summed E-state index contributed by atoms with van der Waals surface area (Å²) in [6.07, 6.45) is 0. The number of nitrogens with zero attached hydrogens (tertiary/aromatic N) is 4. The van der Waals surface area contributed by atoms with E-state index in [9.17, 15) is 9.90 Å². The molecule has 2 heterocycles. The van der Waals surface area contributed by atoms with Crippen molar-refractivity contribution in [2.24, 2.45) is 0 Å². The molecule has 2 aromatic rings. The molecule has 122 valence electrons. The van der Waals surface area contributed by atoms with E-state index in [1.165, 1.54) is 0 Å². The predicted octanol–water partition coefficient (Wildman–Crippen LogP) is 2.33. The third kappa shape index (κ3) is 2.96. The molecule has 7 heteroatoms. The van der Waals surface area contributed by atoms with Crippen LogP contribution in [0.5, 0.6) is 0 Å². The summed E-state index contributed by atoms with van der Waals surface area (Å²) in [6, 6.07) is 3.23. The zero-order chi connectivity index (χ0) is 16.7. The number of carbonyl (C=O) groups is 1. The summed E-state index contributed by atoms with van der Waals surface area (Å²) in [6.45, 7) is 7.24. The first kappa shape index (κ1) is 16.0. The predicted molar refractivity (Wildman–Crippen MR) is 86.4 cm³/mol. The fourth-order valence-electron chi connectivity index (χ4n) is 3.15. The molecule has 0 fully saturated rings. The number of aryl methyl sites for hydroxylation is 3. The van der Waals surface area contributed by atoms with Crippen LogP contribution in [0.15, 0.2) is 12.1 Å². The van der Waals surface area contributed by atoms with E-state index in [-0.39, 0.29) is 0 Å². The summed E-state index contributed by atoms with van der Waals surface area (Å²) in [5.74, 6) is 0.738. The average Bonchev–Trinajstić information content (AvgIpc) is 2.82. The highest BCUT2D eigenvalue weighted by molar-refractivity contribution is 6.30. The molecule has 1 N–H and O–H groups in total. The first-order valence-electron chi connectivity index (χ1n) is 7.48. The second-order valence-electron chi connectivity index (χ2n) is 6.05. The Morgan fingerprint density at radius 1 is 1.30 bits per heavy atom. The highest BCUT2D eigenvalue weighted by atomic mass is 35.5. The molecule has 6 nitrogen and oxygen atoms in total. The summed E-state index contributed by atoms with van der Waals surface area (Å²) in [7, 11) is 0. The number of carboxylic acids is 1. The molecule has 0 saturated carbocycles. The zero-order valence-corrected chi connectivity index (χ0v) is 14.1. The lowest BCUT2D eigenvalue weighted by atomic mass is 10.0. The van der Waals surface area contributed by atoms with E-state index in [4.69, 9.17) is 11.6 Å². The monoisotopic (exact) mass is 334 g/mol. The van der Waals surface area contributed by atoms with Crippen molar-refractivity contribution in [2.75, 3.05) is 0 Å². The minimum Gasteiger partial charge on any atom is -0.480 e. The highest BCUT2D eigenvalue weighted by Crippen LogP contribution is 2.25. The number of rotatable bonds is 3. The topological polar surface area (TPSA) is 71.2 Å². The van der Waals surface area contributed by atoms with E-state index in [1.54, 1.807) is 0 Å². The minimum atomic E-state index is -0.826. The third-order valence-corrected chi connectivity index (χ3v) is 4.68. The summed E-state index contributed by atoms with van der Waals surface area (Å²) < 4.78 is 1.89. The van der Waals surface area contributed by atoms with Gasteiger partial charge in [-0.15, -0.1) is 10.2 Å². The Morgan fingerprint density at radius 2 is 1.96 bits per heavy atom. The number of aromatic nitrogens is 3. The SMILES string of the molecule is Cc1cc(Cl)cc(C)c1CN1Cc2nnc(C)n2CC1C(=O)O. The fraction of sp³-hybridized carbons (Fsp3) is 0.438. The molecule has 1 aliphatic rings. The molecular weight excluding hydrogens is 316 g/mol. The van der Waals surface area contributed by atoms with Crippen molar-refractivity contribution in [1.29, 1.82) is 0 Å². The number of aliphatic carboxylic acids is 1. The van der Waals surface area contributed by atoms with Crippen molar-refractivity contribution >= 4 is 17.6 Å². The van der Waals surface area contributed by atoms with Crippen LogP contribution in [0.2, 0.25) is 5.02 Å². The molecule has 1 aromatic heterocycles. The lowest BCUT2D eigenvalue weighted by Crippen LogP contribution is -2.47. The van der Waals surface area contributed by atoms with E-state index >= 15 is 0 Å². The maximum Gasteiger partial charge on any atom is 0.322 e.